The Bertz CT molecular complexity index is 321. The molecule has 4 heteroatoms. The number of thioether (sulfide) groups is 1. The number of hydrogen-bond acceptors (Lipinski definition) is 3. The molecule has 0 radical (unpaired) electrons. The molecule has 1 fully saturated rings. The first-order valence-electron chi connectivity index (χ1n) is 6.73. The molecule has 1 saturated carbocycles. The van der Waals surface area contributed by atoms with Crippen molar-refractivity contribution >= 4 is 22.8 Å². The molecule has 1 aliphatic heterocycles. The molecule has 0 aromatic carbocycles. The second-order valence-corrected chi connectivity index (χ2v) is 6.73. The van der Waals surface area contributed by atoms with Gasteiger partial charge in [-0.05, 0) is 26.2 Å². The summed E-state index contributed by atoms with van der Waals surface area (Å²) < 4.78 is -0.326. The number of nitrogens with one attached hydrogen (secondary N) is 1. The van der Waals surface area contributed by atoms with Gasteiger partial charge in [0, 0.05) is 6.04 Å². The van der Waals surface area contributed by atoms with E-state index < -0.39 is 0 Å². The number of carbonyl (C=O) groups is 1. The minimum Gasteiger partial charge on any atom is -0.362 e. The molecule has 1 amide bonds. The van der Waals surface area contributed by atoms with Crippen LogP contribution in [0.25, 0.3) is 0 Å². The van der Waals surface area contributed by atoms with Crippen LogP contribution in [0.2, 0.25) is 0 Å². The van der Waals surface area contributed by atoms with Crippen LogP contribution in [0.1, 0.15) is 58.8 Å². The van der Waals surface area contributed by atoms with Gasteiger partial charge >= 0.3 is 0 Å². The van der Waals surface area contributed by atoms with Crippen LogP contribution in [-0.2, 0) is 4.79 Å². The molecule has 17 heavy (non-hydrogen) atoms. The fourth-order valence-corrected chi connectivity index (χ4v) is 3.43. The lowest BCUT2D eigenvalue weighted by Crippen LogP contribution is -2.33. The summed E-state index contributed by atoms with van der Waals surface area (Å²) in [4.78, 5) is 16.0. The highest BCUT2D eigenvalue weighted by Crippen LogP contribution is 2.36. The highest BCUT2D eigenvalue weighted by Gasteiger charge is 2.39. The average molecular weight is 254 g/mol. The molecule has 1 aliphatic carbocycles. The summed E-state index contributed by atoms with van der Waals surface area (Å²) in [5, 5.41) is 4.32. The SMILES string of the molecule is CCC1(C)SC(NC2CCCCCC2)=NC1=O. The molecule has 1 atom stereocenters. The zero-order chi connectivity index (χ0) is 12.3. The van der Waals surface area contributed by atoms with Gasteiger partial charge in [0.25, 0.3) is 5.91 Å². The molecule has 3 nitrogen and oxygen atoms in total. The van der Waals surface area contributed by atoms with E-state index in [1.165, 1.54) is 38.5 Å². The van der Waals surface area contributed by atoms with Gasteiger partial charge in [0.1, 0.15) is 4.75 Å². The summed E-state index contributed by atoms with van der Waals surface area (Å²) >= 11 is 1.61. The van der Waals surface area contributed by atoms with Crippen molar-refractivity contribution < 1.29 is 4.79 Å². The lowest BCUT2D eigenvalue weighted by Gasteiger charge is -2.20. The topological polar surface area (TPSA) is 41.5 Å². The van der Waals surface area contributed by atoms with Gasteiger partial charge < -0.3 is 5.32 Å². The Morgan fingerprint density at radius 1 is 1.35 bits per heavy atom. The maximum atomic E-state index is 11.8. The van der Waals surface area contributed by atoms with Crippen LogP contribution in [0, 0.1) is 0 Å². The predicted molar refractivity (Wildman–Crippen MR) is 73.4 cm³/mol. The van der Waals surface area contributed by atoms with Crippen LogP contribution >= 0.6 is 11.8 Å². The highest BCUT2D eigenvalue weighted by molar-refractivity contribution is 8.16. The van der Waals surface area contributed by atoms with Crippen LogP contribution in [0.5, 0.6) is 0 Å². The maximum absolute atomic E-state index is 11.8. The van der Waals surface area contributed by atoms with Crippen molar-refractivity contribution in [3.05, 3.63) is 0 Å². The van der Waals surface area contributed by atoms with E-state index in [0.29, 0.717) is 6.04 Å². The van der Waals surface area contributed by atoms with Gasteiger partial charge in [-0.15, -0.1) is 0 Å². The van der Waals surface area contributed by atoms with E-state index in [-0.39, 0.29) is 10.7 Å². The Balaban J connectivity index is 1.92. The molecule has 1 heterocycles. The Kier molecular flexibility index (Phi) is 4.13. The quantitative estimate of drug-likeness (QED) is 0.770. The largest absolute Gasteiger partial charge is 0.362 e. The summed E-state index contributed by atoms with van der Waals surface area (Å²) in [6.45, 7) is 4.04. The molecule has 2 rings (SSSR count). The zero-order valence-electron chi connectivity index (χ0n) is 10.8. The van der Waals surface area contributed by atoms with Crippen molar-refractivity contribution in [2.75, 3.05) is 0 Å². The van der Waals surface area contributed by atoms with Gasteiger partial charge in [-0.1, -0.05) is 44.4 Å². The lowest BCUT2D eigenvalue weighted by atomic mass is 10.1. The van der Waals surface area contributed by atoms with E-state index in [1.807, 2.05) is 6.92 Å². The highest BCUT2D eigenvalue weighted by atomic mass is 32.2. The van der Waals surface area contributed by atoms with Crippen molar-refractivity contribution in [2.24, 2.45) is 4.99 Å². The number of amidine groups is 1. The molecular formula is C13H22N2OS. The number of rotatable bonds is 2. The fourth-order valence-electron chi connectivity index (χ4n) is 2.37. The van der Waals surface area contributed by atoms with Gasteiger partial charge in [0.2, 0.25) is 0 Å². The standard InChI is InChI=1S/C13H22N2OS/c1-3-13(2)11(16)15-12(17-13)14-10-8-6-4-5-7-9-10/h10H,3-9H2,1-2H3,(H,14,15,16). The summed E-state index contributed by atoms with van der Waals surface area (Å²) in [7, 11) is 0. The first kappa shape index (κ1) is 12.9. The van der Waals surface area contributed by atoms with Crippen LogP contribution in [-0.4, -0.2) is 21.9 Å². The number of hydrogen-bond donors (Lipinski definition) is 1. The zero-order valence-corrected chi connectivity index (χ0v) is 11.6. The third kappa shape index (κ3) is 3.03. The van der Waals surface area contributed by atoms with E-state index >= 15 is 0 Å². The minimum absolute atomic E-state index is 0.0288. The van der Waals surface area contributed by atoms with Crippen LogP contribution in [0.3, 0.4) is 0 Å². The Labute approximate surface area is 108 Å². The van der Waals surface area contributed by atoms with E-state index in [1.54, 1.807) is 11.8 Å². The molecule has 0 aromatic heterocycles. The molecular weight excluding hydrogens is 232 g/mol. The van der Waals surface area contributed by atoms with Gasteiger partial charge in [0.15, 0.2) is 5.17 Å². The van der Waals surface area contributed by atoms with Crippen molar-refractivity contribution in [2.45, 2.75) is 69.6 Å². The van der Waals surface area contributed by atoms with Crippen molar-refractivity contribution in [3.8, 4) is 0 Å². The number of amides is 1. The van der Waals surface area contributed by atoms with Gasteiger partial charge in [-0.3, -0.25) is 4.79 Å². The number of aliphatic imine (C=N–C) groups is 1. The average Bonchev–Trinajstić information content (AvgIpc) is 2.50. The molecule has 0 spiro atoms. The second kappa shape index (κ2) is 5.42. The summed E-state index contributed by atoms with van der Waals surface area (Å²) in [6, 6.07) is 0.524. The van der Waals surface area contributed by atoms with E-state index in [2.05, 4.69) is 17.2 Å². The minimum atomic E-state index is -0.326. The number of carbonyl (C=O) groups excluding carboxylic acids is 1. The molecule has 2 aliphatic rings. The molecule has 0 saturated heterocycles. The van der Waals surface area contributed by atoms with Gasteiger partial charge in [0.05, 0.1) is 0 Å². The van der Waals surface area contributed by atoms with Crippen molar-refractivity contribution in [1.29, 1.82) is 0 Å². The molecule has 0 aromatic rings. The lowest BCUT2D eigenvalue weighted by molar-refractivity contribution is -0.119. The Morgan fingerprint density at radius 3 is 2.53 bits per heavy atom. The summed E-state index contributed by atoms with van der Waals surface area (Å²) in [5.41, 5.74) is 0. The predicted octanol–water partition coefficient (Wildman–Crippen LogP) is 3.10. The Morgan fingerprint density at radius 2 is 2.00 bits per heavy atom. The smallest absolute Gasteiger partial charge is 0.264 e. The molecule has 1 N–H and O–H groups in total. The summed E-state index contributed by atoms with van der Waals surface area (Å²) in [6.07, 6.45) is 8.58. The van der Waals surface area contributed by atoms with Crippen LogP contribution in [0.15, 0.2) is 4.99 Å². The van der Waals surface area contributed by atoms with Gasteiger partial charge in [-0.25, -0.2) is 0 Å². The first-order chi connectivity index (χ1) is 8.14. The molecule has 0 bridgehead atoms. The molecule has 1 unspecified atom stereocenters. The van der Waals surface area contributed by atoms with Crippen molar-refractivity contribution in [1.82, 2.24) is 5.32 Å². The van der Waals surface area contributed by atoms with Crippen molar-refractivity contribution in [3.63, 3.8) is 0 Å². The van der Waals surface area contributed by atoms with Crippen LogP contribution < -0.4 is 5.32 Å². The third-order valence-corrected chi connectivity index (χ3v) is 5.15. The van der Waals surface area contributed by atoms with Crippen LogP contribution in [0.4, 0.5) is 0 Å². The normalized spacial score (nSPS) is 31.2. The fraction of sp³-hybridized carbons (Fsp3) is 0.846. The molecule has 96 valence electrons. The summed E-state index contributed by atoms with van der Waals surface area (Å²) in [5.74, 6) is 0.0288. The van der Waals surface area contributed by atoms with Gasteiger partial charge in [-0.2, -0.15) is 4.99 Å². The van der Waals surface area contributed by atoms with E-state index in [9.17, 15) is 4.79 Å². The number of nitrogens with zero attached hydrogens (tertiary/aromatic N) is 1. The Hall–Kier alpha value is -0.510. The first-order valence-corrected chi connectivity index (χ1v) is 7.54. The van der Waals surface area contributed by atoms with E-state index in [4.69, 9.17) is 0 Å². The monoisotopic (exact) mass is 254 g/mol. The van der Waals surface area contributed by atoms with E-state index in [0.717, 1.165) is 11.6 Å². The maximum Gasteiger partial charge on any atom is 0.264 e. The second-order valence-electron chi connectivity index (χ2n) is 5.24. The third-order valence-electron chi connectivity index (χ3n) is 3.83.